The number of aliphatic hydroxyl groups excluding tert-OH is 1. The molecular weight excluding hydrogens is 506 g/mol. The van der Waals surface area contributed by atoms with Gasteiger partial charge in [0.15, 0.2) is 11.5 Å². The number of ketones is 1. The van der Waals surface area contributed by atoms with Gasteiger partial charge in [0, 0.05) is 17.3 Å². The van der Waals surface area contributed by atoms with E-state index in [2.05, 4.69) is 20.8 Å². The third-order valence-corrected chi connectivity index (χ3v) is 7.15. The number of carbonyl (C=O) groups excluding carboxylic acids is 2. The van der Waals surface area contributed by atoms with Crippen LogP contribution in [0.3, 0.4) is 0 Å². The molecule has 2 aliphatic rings. The van der Waals surface area contributed by atoms with Gasteiger partial charge in [0.25, 0.3) is 11.7 Å². The number of rotatable bonds is 5. The van der Waals surface area contributed by atoms with Crippen molar-refractivity contribution < 1.29 is 28.9 Å². The Morgan fingerprint density at radius 3 is 2.25 bits per heavy atom. The van der Waals surface area contributed by atoms with Gasteiger partial charge >= 0.3 is 0 Å². The number of nitrogens with zero attached hydrogens (tertiary/aromatic N) is 1. The van der Waals surface area contributed by atoms with E-state index >= 15 is 0 Å². The number of aliphatic hydroxyl groups is 1. The summed E-state index contributed by atoms with van der Waals surface area (Å²) >= 11 is 0. The lowest BCUT2D eigenvalue weighted by Gasteiger charge is -2.28. The highest BCUT2D eigenvalue weighted by molar-refractivity contribution is 6.51. The Hall–Kier alpha value is -4.26. The van der Waals surface area contributed by atoms with Crippen molar-refractivity contribution in [2.45, 2.75) is 59.1 Å². The minimum absolute atomic E-state index is 0.00876. The number of fused-ring (bicyclic) bond motifs is 1. The van der Waals surface area contributed by atoms with E-state index in [0.717, 1.165) is 11.1 Å². The molecule has 0 saturated carbocycles. The predicted molar refractivity (Wildman–Crippen MR) is 154 cm³/mol. The number of Topliss-reactive ketones (excluding diaryl/α,β-unsaturated/α-hetero) is 1. The highest BCUT2D eigenvalue weighted by Gasteiger charge is 2.47. The molecule has 1 amide bonds. The molecule has 0 spiro atoms. The molecule has 7 heteroatoms. The monoisotopic (exact) mass is 541 g/mol. The summed E-state index contributed by atoms with van der Waals surface area (Å²) in [6.07, 6.45) is -0.00876. The molecule has 208 valence electrons. The van der Waals surface area contributed by atoms with E-state index < -0.39 is 17.7 Å². The fraction of sp³-hybridized carbons (Fsp3) is 0.333. The van der Waals surface area contributed by atoms with Crippen molar-refractivity contribution in [1.29, 1.82) is 0 Å². The lowest BCUT2D eigenvalue weighted by atomic mass is 9.85. The molecule has 2 aliphatic heterocycles. The molecular formula is C33H35NO6. The normalized spacial score (nSPS) is 18.4. The number of anilines is 1. The predicted octanol–water partition coefficient (Wildman–Crippen LogP) is 6.48. The second kappa shape index (κ2) is 10.4. The SMILES string of the molecule is Cc1cc(/C(O)=C2\C(=O)C(=O)N(c3ccc4c(c3)OCCO4)C2c2ccc(C(C)(C)C)cc2)ccc1OC(C)C. The second-order valence-electron chi connectivity index (χ2n) is 11.5. The molecule has 0 aliphatic carbocycles. The van der Waals surface area contributed by atoms with Gasteiger partial charge in [0.1, 0.15) is 24.7 Å². The van der Waals surface area contributed by atoms with E-state index in [9.17, 15) is 14.7 Å². The molecule has 2 heterocycles. The standard InChI is InChI=1S/C33H35NO6/c1-19(2)40-25-13-9-22(17-20(25)3)30(35)28-29(21-7-10-23(11-8-21)33(4,5)6)34(32(37)31(28)36)24-12-14-26-27(18-24)39-16-15-38-26/h7-14,17-19,29,35H,15-16H2,1-6H3/b30-28+. The van der Waals surface area contributed by atoms with E-state index in [-0.39, 0.29) is 22.9 Å². The van der Waals surface area contributed by atoms with Gasteiger partial charge in [-0.3, -0.25) is 14.5 Å². The van der Waals surface area contributed by atoms with Crippen molar-refractivity contribution >= 4 is 23.1 Å². The molecule has 3 aromatic carbocycles. The molecule has 7 nitrogen and oxygen atoms in total. The summed E-state index contributed by atoms with van der Waals surface area (Å²) in [6.45, 7) is 13.0. The molecule has 5 rings (SSSR count). The largest absolute Gasteiger partial charge is 0.507 e. The number of aryl methyl sites for hydroxylation is 1. The summed E-state index contributed by atoms with van der Waals surface area (Å²) < 4.78 is 17.3. The summed E-state index contributed by atoms with van der Waals surface area (Å²) in [7, 11) is 0. The molecule has 0 bridgehead atoms. The molecule has 1 atom stereocenters. The van der Waals surface area contributed by atoms with E-state index in [4.69, 9.17) is 14.2 Å². The number of amides is 1. The fourth-order valence-electron chi connectivity index (χ4n) is 5.10. The first kappa shape index (κ1) is 27.3. The molecule has 1 N–H and O–H groups in total. The van der Waals surface area contributed by atoms with Crippen LogP contribution in [-0.4, -0.2) is 36.1 Å². The van der Waals surface area contributed by atoms with Crippen LogP contribution >= 0.6 is 0 Å². The minimum Gasteiger partial charge on any atom is -0.507 e. The van der Waals surface area contributed by atoms with E-state index in [1.165, 1.54) is 4.90 Å². The highest BCUT2D eigenvalue weighted by Crippen LogP contribution is 2.45. The van der Waals surface area contributed by atoms with Gasteiger partial charge in [-0.1, -0.05) is 45.0 Å². The quantitative estimate of drug-likeness (QED) is 0.226. The average Bonchev–Trinajstić information content (AvgIpc) is 3.18. The Bertz CT molecular complexity index is 1500. The number of benzene rings is 3. The number of ether oxygens (including phenoxy) is 3. The van der Waals surface area contributed by atoms with Gasteiger partial charge in [0.2, 0.25) is 0 Å². The van der Waals surface area contributed by atoms with E-state index in [0.29, 0.717) is 47.3 Å². The van der Waals surface area contributed by atoms with Gasteiger partial charge in [-0.05, 0) is 73.2 Å². The highest BCUT2D eigenvalue weighted by atomic mass is 16.6. The summed E-state index contributed by atoms with van der Waals surface area (Å²) in [4.78, 5) is 28.7. The van der Waals surface area contributed by atoms with Crippen LogP contribution in [0.4, 0.5) is 5.69 Å². The van der Waals surface area contributed by atoms with Gasteiger partial charge in [0.05, 0.1) is 17.7 Å². The molecule has 0 radical (unpaired) electrons. The number of carbonyl (C=O) groups is 2. The maximum Gasteiger partial charge on any atom is 0.300 e. The van der Waals surface area contributed by atoms with Crippen molar-refractivity contribution in [2.75, 3.05) is 18.1 Å². The van der Waals surface area contributed by atoms with Crippen molar-refractivity contribution in [2.24, 2.45) is 0 Å². The van der Waals surface area contributed by atoms with Crippen LogP contribution in [0.25, 0.3) is 5.76 Å². The smallest absolute Gasteiger partial charge is 0.300 e. The van der Waals surface area contributed by atoms with Crippen LogP contribution in [0, 0.1) is 6.92 Å². The third kappa shape index (κ3) is 5.04. The molecule has 0 aromatic heterocycles. The molecule has 1 unspecified atom stereocenters. The Kier molecular flexibility index (Phi) is 7.08. The van der Waals surface area contributed by atoms with Crippen LogP contribution in [-0.2, 0) is 15.0 Å². The Labute approximate surface area is 235 Å². The van der Waals surface area contributed by atoms with Gasteiger partial charge in [-0.25, -0.2) is 0 Å². The molecule has 1 saturated heterocycles. The second-order valence-corrected chi connectivity index (χ2v) is 11.5. The third-order valence-electron chi connectivity index (χ3n) is 7.15. The summed E-state index contributed by atoms with van der Waals surface area (Å²) in [6, 6.07) is 17.4. The zero-order chi connectivity index (χ0) is 28.8. The first-order valence-corrected chi connectivity index (χ1v) is 13.5. The van der Waals surface area contributed by atoms with Gasteiger partial charge in [-0.15, -0.1) is 0 Å². The van der Waals surface area contributed by atoms with E-state index in [1.807, 2.05) is 45.0 Å². The molecule has 3 aromatic rings. The van der Waals surface area contributed by atoms with Crippen molar-refractivity contribution in [3.8, 4) is 17.2 Å². The number of hydrogen-bond donors (Lipinski definition) is 1. The van der Waals surface area contributed by atoms with Crippen LogP contribution in [0.5, 0.6) is 17.2 Å². The summed E-state index contributed by atoms with van der Waals surface area (Å²) in [5.41, 5.74) is 3.50. The van der Waals surface area contributed by atoms with Crippen LogP contribution in [0.2, 0.25) is 0 Å². The zero-order valence-electron chi connectivity index (χ0n) is 23.8. The minimum atomic E-state index is -0.844. The summed E-state index contributed by atoms with van der Waals surface area (Å²) in [5.74, 6) is 0.0674. The first-order chi connectivity index (χ1) is 19.0. The fourth-order valence-corrected chi connectivity index (χ4v) is 5.10. The van der Waals surface area contributed by atoms with Crippen LogP contribution < -0.4 is 19.1 Å². The maximum absolute atomic E-state index is 13.6. The Morgan fingerprint density at radius 1 is 0.950 bits per heavy atom. The van der Waals surface area contributed by atoms with Crippen molar-refractivity contribution in [3.63, 3.8) is 0 Å². The van der Waals surface area contributed by atoms with Gasteiger partial charge in [-0.2, -0.15) is 0 Å². The Balaban J connectivity index is 1.66. The lowest BCUT2D eigenvalue weighted by Crippen LogP contribution is -2.29. The molecule has 1 fully saturated rings. The average molecular weight is 542 g/mol. The topological polar surface area (TPSA) is 85.3 Å². The van der Waals surface area contributed by atoms with E-state index in [1.54, 1.807) is 36.4 Å². The molecule has 40 heavy (non-hydrogen) atoms. The number of hydrogen-bond acceptors (Lipinski definition) is 6. The lowest BCUT2D eigenvalue weighted by molar-refractivity contribution is -0.132. The van der Waals surface area contributed by atoms with Crippen molar-refractivity contribution in [1.82, 2.24) is 0 Å². The summed E-state index contributed by atoms with van der Waals surface area (Å²) in [5, 5.41) is 11.6. The Morgan fingerprint density at radius 2 is 1.62 bits per heavy atom. The van der Waals surface area contributed by atoms with Crippen LogP contribution in [0.1, 0.15) is 62.9 Å². The zero-order valence-corrected chi connectivity index (χ0v) is 23.8. The van der Waals surface area contributed by atoms with Crippen molar-refractivity contribution in [3.05, 3.63) is 88.5 Å². The van der Waals surface area contributed by atoms with Gasteiger partial charge < -0.3 is 19.3 Å². The maximum atomic E-state index is 13.6. The first-order valence-electron chi connectivity index (χ1n) is 13.5. The van der Waals surface area contributed by atoms with Crippen LogP contribution in [0.15, 0.2) is 66.2 Å².